The van der Waals surface area contributed by atoms with Gasteiger partial charge in [-0.15, -0.1) is 0 Å². The van der Waals surface area contributed by atoms with Crippen molar-refractivity contribution in [3.05, 3.63) is 52.3 Å². The molecule has 0 amide bonds. The lowest BCUT2D eigenvalue weighted by atomic mass is 10.0. The molecule has 1 unspecified atom stereocenters. The molecule has 0 saturated heterocycles. The van der Waals surface area contributed by atoms with Gasteiger partial charge in [0.2, 0.25) is 0 Å². The van der Waals surface area contributed by atoms with Crippen LogP contribution in [0.3, 0.4) is 0 Å². The first kappa shape index (κ1) is 12.1. The van der Waals surface area contributed by atoms with E-state index in [1.807, 2.05) is 32.2 Å². The third-order valence-corrected chi connectivity index (χ3v) is 2.89. The average molecular weight is 251 g/mol. The molecular formula is C13H15ClN2O. The van der Waals surface area contributed by atoms with Crippen LogP contribution in [0.2, 0.25) is 5.02 Å². The molecule has 4 heteroatoms. The van der Waals surface area contributed by atoms with Crippen LogP contribution in [0.4, 0.5) is 0 Å². The molecular weight excluding hydrogens is 236 g/mol. The molecule has 0 saturated carbocycles. The van der Waals surface area contributed by atoms with Crippen molar-refractivity contribution in [2.75, 3.05) is 0 Å². The minimum atomic E-state index is -0.673. The van der Waals surface area contributed by atoms with Crippen LogP contribution in [-0.4, -0.2) is 14.9 Å². The fraction of sp³-hybridized carbons (Fsp3) is 0.308. The summed E-state index contributed by atoms with van der Waals surface area (Å²) in [5, 5.41) is 15.0. The van der Waals surface area contributed by atoms with E-state index in [1.165, 1.54) is 0 Å². The number of benzene rings is 1. The van der Waals surface area contributed by atoms with Crippen LogP contribution in [0, 0.1) is 6.92 Å². The molecule has 2 aromatic rings. The lowest BCUT2D eigenvalue weighted by molar-refractivity contribution is 0.220. The molecule has 0 aliphatic carbocycles. The van der Waals surface area contributed by atoms with Gasteiger partial charge in [0.15, 0.2) is 0 Å². The maximum atomic E-state index is 10.2. The summed E-state index contributed by atoms with van der Waals surface area (Å²) < 4.78 is 1.79. The molecule has 0 radical (unpaired) electrons. The Bertz CT molecular complexity index is 502. The molecule has 1 aromatic carbocycles. The Morgan fingerprint density at radius 1 is 1.35 bits per heavy atom. The third kappa shape index (κ3) is 2.68. The number of halogens is 1. The fourth-order valence-electron chi connectivity index (χ4n) is 1.81. The topological polar surface area (TPSA) is 38.0 Å². The number of hydrogen-bond acceptors (Lipinski definition) is 2. The summed E-state index contributed by atoms with van der Waals surface area (Å²) >= 11 is 5.98. The first-order valence-corrected chi connectivity index (χ1v) is 5.95. The largest absolute Gasteiger partial charge is 0.384 e. The molecule has 1 atom stereocenters. The molecule has 3 nitrogen and oxygen atoms in total. The highest BCUT2D eigenvalue weighted by atomic mass is 35.5. The standard InChI is InChI=1S/C13H15ClN2O/c1-3-16-8-11(7-15-16)13(17)10-4-9(2)5-12(14)6-10/h4-8,13,17H,3H2,1-2H3. The van der Waals surface area contributed by atoms with Gasteiger partial charge in [0.1, 0.15) is 6.10 Å². The zero-order valence-corrected chi connectivity index (χ0v) is 10.6. The van der Waals surface area contributed by atoms with Crippen molar-refractivity contribution >= 4 is 11.6 Å². The molecule has 90 valence electrons. The molecule has 17 heavy (non-hydrogen) atoms. The molecule has 1 N–H and O–H groups in total. The van der Waals surface area contributed by atoms with Crippen LogP contribution >= 0.6 is 11.6 Å². The van der Waals surface area contributed by atoms with Gasteiger partial charge in [0, 0.05) is 23.3 Å². The normalized spacial score (nSPS) is 12.7. The van der Waals surface area contributed by atoms with Crippen molar-refractivity contribution in [3.8, 4) is 0 Å². The van der Waals surface area contributed by atoms with Gasteiger partial charge >= 0.3 is 0 Å². The molecule has 0 bridgehead atoms. The van der Waals surface area contributed by atoms with E-state index in [1.54, 1.807) is 16.9 Å². The second kappa shape index (κ2) is 4.90. The van der Waals surface area contributed by atoms with Gasteiger partial charge < -0.3 is 5.11 Å². The van der Waals surface area contributed by atoms with Gasteiger partial charge in [-0.1, -0.05) is 17.7 Å². The summed E-state index contributed by atoms with van der Waals surface area (Å²) in [6.45, 7) is 4.76. The van der Waals surface area contributed by atoms with Gasteiger partial charge in [0.05, 0.1) is 6.20 Å². The SMILES string of the molecule is CCn1cc(C(O)c2cc(C)cc(Cl)c2)cn1. The summed E-state index contributed by atoms with van der Waals surface area (Å²) in [5.74, 6) is 0. The van der Waals surface area contributed by atoms with Crippen molar-refractivity contribution in [2.24, 2.45) is 0 Å². The van der Waals surface area contributed by atoms with Gasteiger partial charge in [-0.05, 0) is 37.1 Å². The molecule has 1 heterocycles. The predicted octanol–water partition coefficient (Wildman–Crippen LogP) is 2.95. The Hall–Kier alpha value is -1.32. The zero-order chi connectivity index (χ0) is 12.4. The van der Waals surface area contributed by atoms with E-state index < -0.39 is 6.10 Å². The average Bonchev–Trinajstić information content (AvgIpc) is 2.75. The zero-order valence-electron chi connectivity index (χ0n) is 9.89. The maximum absolute atomic E-state index is 10.2. The molecule has 0 fully saturated rings. The number of aromatic nitrogens is 2. The fourth-order valence-corrected chi connectivity index (χ4v) is 2.11. The molecule has 0 spiro atoms. The Labute approximate surface area is 106 Å². The lowest BCUT2D eigenvalue weighted by Crippen LogP contribution is -1.99. The quantitative estimate of drug-likeness (QED) is 0.910. The number of aliphatic hydroxyl groups excluding tert-OH is 1. The lowest BCUT2D eigenvalue weighted by Gasteiger charge is -2.10. The monoisotopic (exact) mass is 250 g/mol. The Morgan fingerprint density at radius 2 is 2.12 bits per heavy atom. The predicted molar refractivity (Wildman–Crippen MR) is 68.2 cm³/mol. The van der Waals surface area contributed by atoms with E-state index in [0.29, 0.717) is 5.02 Å². The second-order valence-corrected chi connectivity index (χ2v) is 4.53. The van der Waals surface area contributed by atoms with Gasteiger partial charge in [0.25, 0.3) is 0 Å². The van der Waals surface area contributed by atoms with Crippen molar-refractivity contribution in [1.29, 1.82) is 0 Å². The number of nitrogens with zero attached hydrogens (tertiary/aromatic N) is 2. The summed E-state index contributed by atoms with van der Waals surface area (Å²) in [4.78, 5) is 0. The highest BCUT2D eigenvalue weighted by Gasteiger charge is 2.13. The van der Waals surface area contributed by atoms with Crippen molar-refractivity contribution in [1.82, 2.24) is 9.78 Å². The van der Waals surface area contributed by atoms with Crippen LogP contribution in [0.1, 0.15) is 29.7 Å². The van der Waals surface area contributed by atoms with Crippen LogP contribution in [-0.2, 0) is 6.54 Å². The van der Waals surface area contributed by atoms with Crippen LogP contribution in [0.5, 0.6) is 0 Å². The van der Waals surface area contributed by atoms with Crippen molar-refractivity contribution < 1.29 is 5.11 Å². The summed E-state index contributed by atoms with van der Waals surface area (Å²) in [6, 6.07) is 5.58. The Kier molecular flexibility index (Phi) is 3.50. The molecule has 2 rings (SSSR count). The van der Waals surface area contributed by atoms with Crippen molar-refractivity contribution in [2.45, 2.75) is 26.5 Å². The Morgan fingerprint density at radius 3 is 2.71 bits per heavy atom. The number of aryl methyl sites for hydroxylation is 2. The van der Waals surface area contributed by atoms with E-state index in [2.05, 4.69) is 5.10 Å². The molecule has 0 aliphatic heterocycles. The second-order valence-electron chi connectivity index (χ2n) is 4.09. The van der Waals surface area contributed by atoms with E-state index in [9.17, 15) is 5.11 Å². The van der Waals surface area contributed by atoms with Gasteiger partial charge in [-0.2, -0.15) is 5.10 Å². The Balaban J connectivity index is 2.32. The van der Waals surface area contributed by atoms with Gasteiger partial charge in [-0.25, -0.2) is 0 Å². The first-order valence-electron chi connectivity index (χ1n) is 5.57. The first-order chi connectivity index (χ1) is 8.10. The maximum Gasteiger partial charge on any atom is 0.107 e. The van der Waals surface area contributed by atoms with Crippen LogP contribution in [0.25, 0.3) is 0 Å². The minimum absolute atomic E-state index is 0.641. The number of rotatable bonds is 3. The molecule has 1 aromatic heterocycles. The highest BCUT2D eigenvalue weighted by molar-refractivity contribution is 6.30. The van der Waals surface area contributed by atoms with Crippen molar-refractivity contribution in [3.63, 3.8) is 0 Å². The van der Waals surface area contributed by atoms with Gasteiger partial charge in [-0.3, -0.25) is 4.68 Å². The highest BCUT2D eigenvalue weighted by Crippen LogP contribution is 2.25. The smallest absolute Gasteiger partial charge is 0.107 e. The third-order valence-electron chi connectivity index (χ3n) is 2.67. The van der Waals surface area contributed by atoms with E-state index in [0.717, 1.165) is 23.2 Å². The van der Waals surface area contributed by atoms with Crippen LogP contribution in [0.15, 0.2) is 30.6 Å². The van der Waals surface area contributed by atoms with Crippen LogP contribution < -0.4 is 0 Å². The van der Waals surface area contributed by atoms with E-state index in [-0.39, 0.29) is 0 Å². The number of hydrogen-bond donors (Lipinski definition) is 1. The minimum Gasteiger partial charge on any atom is -0.384 e. The summed E-state index contributed by atoms with van der Waals surface area (Å²) in [6.07, 6.45) is 2.86. The van der Waals surface area contributed by atoms with E-state index in [4.69, 9.17) is 11.6 Å². The number of aliphatic hydroxyl groups is 1. The summed E-state index contributed by atoms with van der Waals surface area (Å²) in [7, 11) is 0. The summed E-state index contributed by atoms with van der Waals surface area (Å²) in [5.41, 5.74) is 2.62. The molecule has 0 aliphatic rings. The van der Waals surface area contributed by atoms with E-state index >= 15 is 0 Å².